The van der Waals surface area contributed by atoms with E-state index in [1.165, 1.54) is 18.3 Å². The lowest BCUT2D eigenvalue weighted by Gasteiger charge is -2.06. The number of carbonyl (C=O) groups excluding carboxylic acids is 1. The molecule has 24 heavy (non-hydrogen) atoms. The van der Waals surface area contributed by atoms with Crippen LogP contribution in [0.4, 0.5) is 15.9 Å². The third kappa shape index (κ3) is 4.36. The lowest BCUT2D eigenvalue weighted by molar-refractivity contribution is 0.102. The summed E-state index contributed by atoms with van der Waals surface area (Å²) in [6, 6.07) is 10.3. The van der Waals surface area contributed by atoms with Gasteiger partial charge in [-0.15, -0.1) is 0 Å². The van der Waals surface area contributed by atoms with Crippen molar-refractivity contribution in [2.45, 2.75) is 6.92 Å². The molecule has 7 nitrogen and oxygen atoms in total. The number of pyridine rings is 1. The Morgan fingerprint density at radius 1 is 1.25 bits per heavy atom. The highest BCUT2D eigenvalue weighted by Crippen LogP contribution is 2.13. The number of carbonyl (C=O) groups is 1. The number of halogens is 1. The zero-order chi connectivity index (χ0) is 17.5. The van der Waals surface area contributed by atoms with Crippen molar-refractivity contribution in [1.82, 2.24) is 4.98 Å². The van der Waals surface area contributed by atoms with E-state index in [-0.39, 0.29) is 17.1 Å². The molecule has 0 bridgehead atoms. The first-order valence-electron chi connectivity index (χ1n) is 6.70. The molecule has 2 aromatic rings. The van der Waals surface area contributed by atoms with Crippen LogP contribution in [-0.4, -0.2) is 16.6 Å². The van der Waals surface area contributed by atoms with Crippen molar-refractivity contribution in [2.24, 2.45) is 5.10 Å². The largest absolute Gasteiger partial charge is 0.307 e. The predicted molar refractivity (Wildman–Crippen MR) is 85.6 cm³/mol. The Kier molecular flexibility index (Phi) is 5.17. The van der Waals surface area contributed by atoms with Gasteiger partial charge >= 0.3 is 0 Å². The minimum atomic E-state index is -0.490. The van der Waals surface area contributed by atoms with Crippen LogP contribution in [0.25, 0.3) is 0 Å². The highest BCUT2D eigenvalue weighted by atomic mass is 19.1. The summed E-state index contributed by atoms with van der Waals surface area (Å²) in [5, 5.41) is 23.2. The molecule has 1 aromatic heterocycles. The van der Waals surface area contributed by atoms with E-state index in [0.717, 1.165) is 6.07 Å². The topological polar surface area (TPSA) is 114 Å². The third-order valence-corrected chi connectivity index (χ3v) is 2.82. The standard InChI is InChI=1S/C16H11FN6O/c1-10-4-11(6-12(17)5-10)16(24)21-15-3-2-13(9-20-15)22-23-14(7-18)8-19/h2-6,9,22H,1H3,(H,20,21,24). The first kappa shape index (κ1) is 16.6. The van der Waals surface area contributed by atoms with Crippen LogP contribution >= 0.6 is 0 Å². The number of aryl methyl sites for hydroxylation is 1. The van der Waals surface area contributed by atoms with Gasteiger partial charge in [-0.2, -0.15) is 15.6 Å². The normalized spacial score (nSPS) is 9.33. The van der Waals surface area contributed by atoms with Gasteiger partial charge in [0.1, 0.15) is 23.8 Å². The van der Waals surface area contributed by atoms with E-state index >= 15 is 0 Å². The SMILES string of the molecule is Cc1cc(F)cc(C(=O)Nc2ccc(NN=C(C#N)C#N)cn2)c1. The van der Waals surface area contributed by atoms with Crippen LogP contribution in [0.15, 0.2) is 41.6 Å². The summed E-state index contributed by atoms with van der Waals surface area (Å²) >= 11 is 0. The first-order chi connectivity index (χ1) is 11.5. The third-order valence-electron chi connectivity index (χ3n) is 2.82. The minimum Gasteiger partial charge on any atom is -0.307 e. The van der Waals surface area contributed by atoms with Gasteiger partial charge in [0.2, 0.25) is 5.71 Å². The fourth-order valence-electron chi connectivity index (χ4n) is 1.79. The van der Waals surface area contributed by atoms with Crippen LogP contribution in [0.1, 0.15) is 15.9 Å². The van der Waals surface area contributed by atoms with Gasteiger partial charge in [-0.25, -0.2) is 9.37 Å². The maximum atomic E-state index is 13.3. The van der Waals surface area contributed by atoms with Crippen molar-refractivity contribution in [3.8, 4) is 12.1 Å². The molecule has 1 heterocycles. The van der Waals surface area contributed by atoms with Crippen LogP contribution in [0.3, 0.4) is 0 Å². The van der Waals surface area contributed by atoms with Crippen LogP contribution in [0, 0.1) is 35.4 Å². The molecule has 0 aliphatic heterocycles. The fraction of sp³-hybridized carbons (Fsp3) is 0.0625. The van der Waals surface area contributed by atoms with E-state index in [1.807, 2.05) is 0 Å². The first-order valence-corrected chi connectivity index (χ1v) is 6.70. The van der Waals surface area contributed by atoms with Crippen molar-refractivity contribution in [1.29, 1.82) is 10.5 Å². The zero-order valence-corrected chi connectivity index (χ0v) is 12.5. The van der Waals surface area contributed by atoms with E-state index in [4.69, 9.17) is 10.5 Å². The number of amides is 1. The molecule has 0 radical (unpaired) electrons. The van der Waals surface area contributed by atoms with E-state index < -0.39 is 11.7 Å². The molecule has 1 amide bonds. The van der Waals surface area contributed by atoms with Crippen molar-refractivity contribution >= 4 is 23.1 Å². The van der Waals surface area contributed by atoms with Gasteiger partial charge in [-0.1, -0.05) is 0 Å². The molecule has 0 aliphatic rings. The summed E-state index contributed by atoms with van der Waals surface area (Å²) in [6.45, 7) is 1.69. The second-order valence-electron chi connectivity index (χ2n) is 4.70. The number of benzene rings is 1. The number of hydrogen-bond donors (Lipinski definition) is 2. The molecule has 0 aliphatic carbocycles. The fourth-order valence-corrected chi connectivity index (χ4v) is 1.79. The maximum absolute atomic E-state index is 13.3. The van der Waals surface area contributed by atoms with Gasteiger partial charge in [0.05, 0.1) is 11.9 Å². The van der Waals surface area contributed by atoms with E-state index in [2.05, 4.69) is 20.8 Å². The summed E-state index contributed by atoms with van der Waals surface area (Å²) in [6.07, 6.45) is 1.36. The van der Waals surface area contributed by atoms with E-state index in [1.54, 1.807) is 31.2 Å². The molecule has 0 saturated heterocycles. The van der Waals surface area contributed by atoms with Gasteiger partial charge in [0.25, 0.3) is 5.91 Å². The lowest BCUT2D eigenvalue weighted by Crippen LogP contribution is -2.13. The minimum absolute atomic E-state index is 0.189. The number of hydrogen-bond acceptors (Lipinski definition) is 6. The van der Waals surface area contributed by atoms with Crippen LogP contribution in [0.2, 0.25) is 0 Å². The summed E-state index contributed by atoms with van der Waals surface area (Å²) in [5.41, 5.74) is 3.42. The Balaban J connectivity index is 2.06. The summed E-state index contributed by atoms with van der Waals surface area (Å²) in [4.78, 5) is 16.1. The number of rotatable bonds is 4. The molecule has 0 spiro atoms. The quantitative estimate of drug-likeness (QED) is 0.663. The summed E-state index contributed by atoms with van der Waals surface area (Å²) < 4.78 is 13.3. The number of hydrazone groups is 1. The molecule has 118 valence electrons. The Morgan fingerprint density at radius 3 is 2.58 bits per heavy atom. The maximum Gasteiger partial charge on any atom is 0.256 e. The summed E-state index contributed by atoms with van der Waals surface area (Å²) in [7, 11) is 0. The Labute approximate surface area is 137 Å². The van der Waals surface area contributed by atoms with E-state index in [0.29, 0.717) is 11.3 Å². The van der Waals surface area contributed by atoms with Crippen molar-refractivity contribution in [2.75, 3.05) is 10.7 Å². The van der Waals surface area contributed by atoms with Gasteiger partial charge in [0, 0.05) is 5.56 Å². The number of nitrogens with zero attached hydrogens (tertiary/aromatic N) is 4. The molecule has 8 heteroatoms. The number of nitriles is 2. The lowest BCUT2D eigenvalue weighted by atomic mass is 10.1. The van der Waals surface area contributed by atoms with Gasteiger partial charge in [0.15, 0.2) is 0 Å². The number of anilines is 2. The van der Waals surface area contributed by atoms with Crippen molar-refractivity contribution in [3.05, 3.63) is 53.5 Å². The Bertz CT molecular complexity index is 841. The summed E-state index contributed by atoms with van der Waals surface area (Å²) in [5.74, 6) is -0.714. The van der Waals surface area contributed by atoms with Crippen LogP contribution < -0.4 is 10.7 Å². The molecule has 0 saturated carbocycles. The zero-order valence-electron chi connectivity index (χ0n) is 12.5. The molecule has 1 aromatic carbocycles. The van der Waals surface area contributed by atoms with Crippen molar-refractivity contribution < 1.29 is 9.18 Å². The van der Waals surface area contributed by atoms with Crippen LogP contribution in [0.5, 0.6) is 0 Å². The van der Waals surface area contributed by atoms with Gasteiger partial charge in [-0.05, 0) is 42.8 Å². The average Bonchev–Trinajstić information content (AvgIpc) is 2.56. The molecule has 0 fully saturated rings. The van der Waals surface area contributed by atoms with Gasteiger partial charge in [-0.3, -0.25) is 10.2 Å². The second kappa shape index (κ2) is 7.47. The van der Waals surface area contributed by atoms with Crippen molar-refractivity contribution in [3.63, 3.8) is 0 Å². The molecule has 0 atom stereocenters. The highest BCUT2D eigenvalue weighted by molar-refractivity contribution is 6.10. The monoisotopic (exact) mass is 322 g/mol. The Morgan fingerprint density at radius 2 is 2.00 bits per heavy atom. The van der Waals surface area contributed by atoms with Gasteiger partial charge < -0.3 is 5.32 Å². The number of aromatic nitrogens is 1. The highest BCUT2D eigenvalue weighted by Gasteiger charge is 2.09. The molecule has 2 N–H and O–H groups in total. The van der Waals surface area contributed by atoms with E-state index in [9.17, 15) is 9.18 Å². The molecule has 2 rings (SSSR count). The smallest absolute Gasteiger partial charge is 0.256 e. The Hall–Kier alpha value is -3.78. The molecular formula is C16H11FN6O. The number of nitrogens with one attached hydrogen (secondary N) is 2. The molecular weight excluding hydrogens is 311 g/mol. The predicted octanol–water partition coefficient (Wildman–Crippen LogP) is 2.60. The van der Waals surface area contributed by atoms with Crippen LogP contribution in [-0.2, 0) is 0 Å². The molecule has 0 unspecified atom stereocenters. The average molecular weight is 322 g/mol. The second-order valence-corrected chi connectivity index (χ2v) is 4.70.